The lowest BCUT2D eigenvalue weighted by Crippen LogP contribution is -2.16. The number of carboxylic acid groups (broad SMARTS) is 1. The van der Waals surface area contributed by atoms with Gasteiger partial charge in [0.05, 0.1) is 6.10 Å². The first-order valence-corrected chi connectivity index (χ1v) is 3.49. The standard InChI is InChI=1S/C5H10O3S/c1-3(6)4(2)9-5(7)8/h3-4,6H,1-2H3,(H,7,8). The Morgan fingerprint density at radius 2 is 2.00 bits per heavy atom. The smallest absolute Gasteiger partial charge is 0.365 e. The van der Waals surface area contributed by atoms with Crippen molar-refractivity contribution >= 4 is 17.1 Å². The van der Waals surface area contributed by atoms with Crippen LogP contribution in [0, 0.1) is 0 Å². The quantitative estimate of drug-likeness (QED) is 0.620. The van der Waals surface area contributed by atoms with Gasteiger partial charge in [0.1, 0.15) is 0 Å². The Labute approximate surface area is 58.1 Å². The first-order chi connectivity index (χ1) is 4.04. The van der Waals surface area contributed by atoms with Crippen LogP contribution >= 0.6 is 11.8 Å². The molecule has 0 aromatic rings. The van der Waals surface area contributed by atoms with Crippen LogP contribution in [0.5, 0.6) is 0 Å². The number of hydrogen-bond donors (Lipinski definition) is 2. The highest BCUT2D eigenvalue weighted by Gasteiger charge is 2.12. The van der Waals surface area contributed by atoms with Crippen molar-refractivity contribution in [3.63, 3.8) is 0 Å². The molecule has 0 aliphatic heterocycles. The molecule has 0 spiro atoms. The molecule has 2 unspecified atom stereocenters. The van der Waals surface area contributed by atoms with Crippen LogP contribution in [-0.2, 0) is 0 Å². The molecule has 9 heavy (non-hydrogen) atoms. The van der Waals surface area contributed by atoms with Gasteiger partial charge in [-0.3, -0.25) is 0 Å². The number of thioether (sulfide) groups is 1. The van der Waals surface area contributed by atoms with Crippen molar-refractivity contribution in [1.82, 2.24) is 0 Å². The van der Waals surface area contributed by atoms with Gasteiger partial charge in [-0.1, -0.05) is 6.92 Å². The molecular weight excluding hydrogens is 140 g/mol. The lowest BCUT2D eigenvalue weighted by molar-refractivity contribution is 0.194. The number of rotatable bonds is 2. The van der Waals surface area contributed by atoms with E-state index in [1.54, 1.807) is 13.8 Å². The van der Waals surface area contributed by atoms with Gasteiger partial charge in [0, 0.05) is 5.25 Å². The fourth-order valence-electron chi connectivity index (χ4n) is 0.257. The minimum Gasteiger partial charge on any atom is -0.473 e. The van der Waals surface area contributed by atoms with Crippen LogP contribution in [0.4, 0.5) is 4.79 Å². The molecule has 2 atom stereocenters. The minimum absolute atomic E-state index is 0.234. The Kier molecular flexibility index (Phi) is 3.65. The van der Waals surface area contributed by atoms with Crippen molar-refractivity contribution in [3.8, 4) is 0 Å². The van der Waals surface area contributed by atoms with Gasteiger partial charge in [0.25, 0.3) is 0 Å². The maximum atomic E-state index is 9.97. The number of aliphatic hydroxyl groups is 1. The second-order valence-corrected chi connectivity index (χ2v) is 3.16. The SMILES string of the molecule is CC(O)C(C)SC(=O)O. The lowest BCUT2D eigenvalue weighted by atomic mass is 10.3. The summed E-state index contributed by atoms with van der Waals surface area (Å²) < 4.78 is 0. The van der Waals surface area contributed by atoms with E-state index in [9.17, 15) is 4.79 Å². The molecule has 0 radical (unpaired) electrons. The van der Waals surface area contributed by atoms with Crippen LogP contribution in [0.3, 0.4) is 0 Å². The number of hydrogen-bond acceptors (Lipinski definition) is 3. The molecule has 0 heterocycles. The molecular formula is C5H10O3S. The van der Waals surface area contributed by atoms with Crippen molar-refractivity contribution in [2.45, 2.75) is 25.2 Å². The van der Waals surface area contributed by atoms with Gasteiger partial charge in [0.2, 0.25) is 0 Å². The van der Waals surface area contributed by atoms with E-state index < -0.39 is 11.4 Å². The monoisotopic (exact) mass is 150 g/mol. The molecule has 2 N–H and O–H groups in total. The molecule has 0 aliphatic rings. The summed E-state index contributed by atoms with van der Waals surface area (Å²) in [5, 5.41) is 15.8. The second-order valence-electron chi connectivity index (χ2n) is 1.83. The Bertz CT molecular complexity index is 102. The van der Waals surface area contributed by atoms with E-state index in [2.05, 4.69) is 0 Å². The Balaban J connectivity index is 3.50. The van der Waals surface area contributed by atoms with E-state index >= 15 is 0 Å². The third-order valence-corrected chi connectivity index (χ3v) is 1.93. The maximum Gasteiger partial charge on any atom is 0.365 e. The molecule has 0 aromatic heterocycles. The molecule has 0 aliphatic carbocycles. The van der Waals surface area contributed by atoms with Crippen molar-refractivity contribution in [3.05, 3.63) is 0 Å². The van der Waals surface area contributed by atoms with E-state index in [0.717, 1.165) is 11.8 Å². The molecule has 0 saturated carbocycles. The minimum atomic E-state index is -0.941. The first kappa shape index (κ1) is 8.78. The summed E-state index contributed by atoms with van der Waals surface area (Å²) in [6.45, 7) is 3.24. The van der Waals surface area contributed by atoms with Gasteiger partial charge >= 0.3 is 5.30 Å². The molecule has 0 aromatic carbocycles. The summed E-state index contributed by atoms with van der Waals surface area (Å²) >= 11 is 0.729. The van der Waals surface area contributed by atoms with E-state index in [1.165, 1.54) is 0 Å². The zero-order valence-corrected chi connectivity index (χ0v) is 6.18. The molecule has 0 amide bonds. The van der Waals surface area contributed by atoms with Gasteiger partial charge < -0.3 is 10.2 Å². The highest BCUT2D eigenvalue weighted by atomic mass is 32.2. The van der Waals surface area contributed by atoms with Crippen molar-refractivity contribution in [1.29, 1.82) is 0 Å². The summed E-state index contributed by atoms with van der Waals surface area (Å²) in [6.07, 6.45) is -0.564. The van der Waals surface area contributed by atoms with Crippen LogP contribution in [0.1, 0.15) is 13.8 Å². The molecule has 0 fully saturated rings. The molecule has 0 rings (SSSR count). The second kappa shape index (κ2) is 3.74. The maximum absolute atomic E-state index is 9.97. The molecule has 54 valence electrons. The van der Waals surface area contributed by atoms with E-state index in [1.807, 2.05) is 0 Å². The molecule has 3 nitrogen and oxygen atoms in total. The molecule has 0 bridgehead atoms. The van der Waals surface area contributed by atoms with Gasteiger partial charge in [-0.15, -0.1) is 0 Å². The number of aliphatic hydroxyl groups excluding tert-OH is 1. The van der Waals surface area contributed by atoms with Crippen molar-refractivity contribution in [2.75, 3.05) is 0 Å². The molecule has 4 heteroatoms. The largest absolute Gasteiger partial charge is 0.473 e. The first-order valence-electron chi connectivity index (χ1n) is 2.61. The zero-order valence-electron chi connectivity index (χ0n) is 5.37. The average molecular weight is 150 g/mol. The summed E-state index contributed by atoms with van der Waals surface area (Å²) in [7, 11) is 0. The summed E-state index contributed by atoms with van der Waals surface area (Å²) in [4.78, 5) is 9.97. The normalized spacial score (nSPS) is 16.8. The predicted octanol–water partition coefficient (Wildman–Crippen LogP) is 1.17. The van der Waals surface area contributed by atoms with E-state index in [0.29, 0.717) is 0 Å². The lowest BCUT2D eigenvalue weighted by Gasteiger charge is -2.09. The van der Waals surface area contributed by atoms with Crippen LogP contribution in [0.15, 0.2) is 0 Å². The van der Waals surface area contributed by atoms with Gasteiger partial charge in [-0.05, 0) is 18.7 Å². The van der Waals surface area contributed by atoms with Crippen molar-refractivity contribution in [2.24, 2.45) is 0 Å². The molecule has 0 saturated heterocycles. The van der Waals surface area contributed by atoms with E-state index in [-0.39, 0.29) is 5.25 Å². The van der Waals surface area contributed by atoms with Crippen LogP contribution in [0.25, 0.3) is 0 Å². The van der Waals surface area contributed by atoms with Crippen LogP contribution in [0.2, 0.25) is 0 Å². The predicted molar refractivity (Wildman–Crippen MR) is 36.8 cm³/mol. The Morgan fingerprint density at radius 1 is 1.56 bits per heavy atom. The zero-order chi connectivity index (χ0) is 7.44. The summed E-state index contributed by atoms with van der Waals surface area (Å²) in [5.41, 5.74) is 0. The third-order valence-electron chi connectivity index (χ3n) is 0.966. The van der Waals surface area contributed by atoms with Crippen LogP contribution in [-0.4, -0.2) is 26.9 Å². The fraction of sp³-hybridized carbons (Fsp3) is 0.800. The summed E-state index contributed by atoms with van der Waals surface area (Å²) in [5.74, 6) is 0. The van der Waals surface area contributed by atoms with Crippen molar-refractivity contribution < 1.29 is 15.0 Å². The van der Waals surface area contributed by atoms with Crippen LogP contribution < -0.4 is 0 Å². The number of carbonyl (C=O) groups is 1. The van der Waals surface area contributed by atoms with Gasteiger partial charge in [0.15, 0.2) is 0 Å². The summed E-state index contributed by atoms with van der Waals surface area (Å²) in [6, 6.07) is 0. The Hall–Kier alpha value is -0.220. The van der Waals surface area contributed by atoms with Gasteiger partial charge in [-0.25, -0.2) is 4.79 Å². The van der Waals surface area contributed by atoms with E-state index in [4.69, 9.17) is 10.2 Å². The highest BCUT2D eigenvalue weighted by Crippen LogP contribution is 2.13. The van der Waals surface area contributed by atoms with Gasteiger partial charge in [-0.2, -0.15) is 0 Å². The topological polar surface area (TPSA) is 57.5 Å². The Morgan fingerprint density at radius 3 is 2.11 bits per heavy atom. The highest BCUT2D eigenvalue weighted by molar-refractivity contribution is 8.13. The third kappa shape index (κ3) is 4.29. The fourth-order valence-corrected chi connectivity index (χ4v) is 0.772. The average Bonchev–Trinajstić information content (AvgIpc) is 1.63.